The molecule has 0 fully saturated rings. The number of thioether (sulfide) groups is 1. The molecular weight excluding hydrogens is 374 g/mol. The zero-order valence-corrected chi connectivity index (χ0v) is 16.0. The van der Waals surface area contributed by atoms with Gasteiger partial charge >= 0.3 is 0 Å². The van der Waals surface area contributed by atoms with Crippen LogP contribution in [0.15, 0.2) is 83.3 Å². The molecule has 0 radical (unpaired) electrons. The number of amides is 1. The minimum Gasteiger partial charge on any atom is -0.343 e. The Kier molecular flexibility index (Phi) is 5.46. The third kappa shape index (κ3) is 4.35. The Labute approximate surface area is 165 Å². The van der Waals surface area contributed by atoms with E-state index >= 15 is 0 Å². The average Bonchev–Trinajstić information content (AvgIpc) is 3.15. The van der Waals surface area contributed by atoms with Gasteiger partial charge < -0.3 is 5.32 Å². The van der Waals surface area contributed by atoms with E-state index in [0.717, 1.165) is 25.8 Å². The van der Waals surface area contributed by atoms with Gasteiger partial charge in [0.1, 0.15) is 0 Å². The Balaban J connectivity index is 1.47. The van der Waals surface area contributed by atoms with Crippen LogP contribution in [0.1, 0.15) is 17.3 Å². The molecule has 2 aromatic carbocycles. The summed E-state index contributed by atoms with van der Waals surface area (Å²) in [7, 11) is 0. The number of thiazole rings is 1. The molecule has 27 heavy (non-hydrogen) atoms. The first-order valence-corrected chi connectivity index (χ1v) is 10.3. The van der Waals surface area contributed by atoms with Gasteiger partial charge in [-0.15, -0.1) is 11.3 Å². The summed E-state index contributed by atoms with van der Waals surface area (Å²) in [5, 5.41) is 3.11. The van der Waals surface area contributed by atoms with Gasteiger partial charge in [-0.2, -0.15) is 0 Å². The number of carbonyl (C=O) groups excluding carboxylic acids is 1. The smallest absolute Gasteiger partial charge is 0.231 e. The summed E-state index contributed by atoms with van der Waals surface area (Å²) in [5.74, 6) is 0.273. The zero-order valence-electron chi connectivity index (χ0n) is 14.4. The molecule has 6 heteroatoms. The van der Waals surface area contributed by atoms with E-state index < -0.39 is 0 Å². The van der Waals surface area contributed by atoms with E-state index in [2.05, 4.69) is 15.3 Å². The summed E-state index contributed by atoms with van der Waals surface area (Å²) in [6.45, 7) is 0. The molecule has 4 nitrogen and oxygen atoms in total. The van der Waals surface area contributed by atoms with Crippen LogP contribution in [0.2, 0.25) is 0 Å². The van der Waals surface area contributed by atoms with Crippen molar-refractivity contribution in [1.29, 1.82) is 0 Å². The van der Waals surface area contributed by atoms with E-state index in [0.29, 0.717) is 5.75 Å². The Morgan fingerprint density at radius 1 is 1.00 bits per heavy atom. The van der Waals surface area contributed by atoms with E-state index in [-0.39, 0.29) is 11.9 Å². The lowest BCUT2D eigenvalue weighted by Gasteiger charge is -2.18. The molecule has 0 saturated heterocycles. The molecule has 4 rings (SSSR count). The molecule has 4 aromatic rings. The van der Waals surface area contributed by atoms with Crippen LogP contribution in [-0.2, 0) is 4.79 Å². The fourth-order valence-electron chi connectivity index (χ4n) is 2.76. The van der Waals surface area contributed by atoms with E-state index in [1.165, 1.54) is 11.8 Å². The van der Waals surface area contributed by atoms with Crippen LogP contribution < -0.4 is 5.32 Å². The average molecular weight is 392 g/mol. The maximum Gasteiger partial charge on any atom is 0.231 e. The first-order valence-electron chi connectivity index (χ1n) is 8.53. The summed E-state index contributed by atoms with van der Waals surface area (Å²) >= 11 is 3.07. The minimum absolute atomic E-state index is 0.0428. The van der Waals surface area contributed by atoms with Crippen molar-refractivity contribution in [3.63, 3.8) is 0 Å². The van der Waals surface area contributed by atoms with Crippen molar-refractivity contribution in [3.8, 4) is 0 Å². The van der Waals surface area contributed by atoms with Crippen molar-refractivity contribution in [3.05, 3.63) is 90.3 Å². The van der Waals surface area contributed by atoms with Crippen molar-refractivity contribution < 1.29 is 4.79 Å². The van der Waals surface area contributed by atoms with Crippen molar-refractivity contribution in [2.75, 3.05) is 5.75 Å². The normalized spacial score (nSPS) is 12.0. The highest BCUT2D eigenvalue weighted by atomic mass is 32.2. The maximum absolute atomic E-state index is 12.6. The van der Waals surface area contributed by atoms with Gasteiger partial charge in [0.15, 0.2) is 4.34 Å². The van der Waals surface area contributed by atoms with E-state index in [4.69, 9.17) is 0 Å². The number of para-hydroxylation sites is 1. The highest BCUT2D eigenvalue weighted by Gasteiger charge is 2.18. The van der Waals surface area contributed by atoms with Crippen molar-refractivity contribution in [2.24, 2.45) is 0 Å². The fourth-order valence-corrected chi connectivity index (χ4v) is 4.64. The number of hydrogen-bond donors (Lipinski definition) is 1. The Morgan fingerprint density at radius 2 is 1.78 bits per heavy atom. The number of hydrogen-bond acceptors (Lipinski definition) is 5. The predicted molar refractivity (Wildman–Crippen MR) is 111 cm³/mol. The summed E-state index contributed by atoms with van der Waals surface area (Å²) < 4.78 is 2.04. The molecule has 1 N–H and O–H groups in total. The number of rotatable bonds is 6. The molecule has 0 aliphatic heterocycles. The molecule has 2 aromatic heterocycles. The molecule has 0 aliphatic carbocycles. The largest absolute Gasteiger partial charge is 0.343 e. The van der Waals surface area contributed by atoms with Crippen LogP contribution in [0, 0.1) is 0 Å². The molecule has 0 spiro atoms. The second-order valence-electron chi connectivity index (χ2n) is 5.90. The van der Waals surface area contributed by atoms with Gasteiger partial charge in [0.05, 0.1) is 27.7 Å². The van der Waals surface area contributed by atoms with Crippen LogP contribution in [-0.4, -0.2) is 21.6 Å². The minimum atomic E-state index is -0.268. The van der Waals surface area contributed by atoms with Crippen LogP contribution >= 0.6 is 23.1 Å². The number of nitrogens with one attached hydrogen (secondary N) is 1. The fraction of sp³-hybridized carbons (Fsp3) is 0.0952. The topological polar surface area (TPSA) is 54.9 Å². The quantitative estimate of drug-likeness (QED) is 0.485. The first-order chi connectivity index (χ1) is 13.3. The van der Waals surface area contributed by atoms with Gasteiger partial charge in [0.25, 0.3) is 0 Å². The summed E-state index contributed by atoms with van der Waals surface area (Å²) in [6.07, 6.45) is 1.74. The van der Waals surface area contributed by atoms with E-state index in [9.17, 15) is 4.79 Å². The molecule has 2 heterocycles. The van der Waals surface area contributed by atoms with Gasteiger partial charge in [0.2, 0.25) is 5.91 Å². The second kappa shape index (κ2) is 8.33. The first kappa shape index (κ1) is 17.7. The highest BCUT2D eigenvalue weighted by Crippen LogP contribution is 2.29. The number of carbonyl (C=O) groups is 1. The molecule has 134 valence electrons. The predicted octanol–water partition coefficient (Wildman–Crippen LogP) is 4.69. The molecule has 1 unspecified atom stereocenters. The lowest BCUT2D eigenvalue weighted by Crippen LogP contribution is -2.31. The molecule has 1 amide bonds. The van der Waals surface area contributed by atoms with Crippen LogP contribution in [0.3, 0.4) is 0 Å². The molecule has 0 saturated carbocycles. The molecule has 1 atom stereocenters. The summed E-state index contributed by atoms with van der Waals surface area (Å²) in [6, 6.07) is 23.4. The number of aromatic nitrogens is 2. The maximum atomic E-state index is 12.6. The monoisotopic (exact) mass is 391 g/mol. The number of benzene rings is 2. The van der Waals surface area contributed by atoms with Crippen LogP contribution in [0.25, 0.3) is 10.2 Å². The van der Waals surface area contributed by atoms with Crippen LogP contribution in [0.5, 0.6) is 0 Å². The molecule has 0 bridgehead atoms. The summed E-state index contributed by atoms with van der Waals surface area (Å²) in [5.41, 5.74) is 2.80. The number of fused-ring (bicyclic) bond motifs is 1. The van der Waals surface area contributed by atoms with Crippen molar-refractivity contribution in [1.82, 2.24) is 15.3 Å². The van der Waals surface area contributed by atoms with Crippen molar-refractivity contribution >= 4 is 39.2 Å². The SMILES string of the molecule is O=C(CSc1nc2ccccc2s1)NC(c1ccccc1)c1ccccn1. The third-order valence-corrected chi connectivity index (χ3v) is 6.20. The summed E-state index contributed by atoms with van der Waals surface area (Å²) in [4.78, 5) is 21.6. The lowest BCUT2D eigenvalue weighted by atomic mass is 10.0. The van der Waals surface area contributed by atoms with E-state index in [1.807, 2.05) is 72.8 Å². The van der Waals surface area contributed by atoms with Gasteiger partial charge in [-0.1, -0.05) is 60.3 Å². The van der Waals surface area contributed by atoms with Gasteiger partial charge in [0, 0.05) is 6.20 Å². The molecular formula is C21H17N3OS2. The van der Waals surface area contributed by atoms with Gasteiger partial charge in [-0.3, -0.25) is 9.78 Å². The van der Waals surface area contributed by atoms with E-state index in [1.54, 1.807) is 17.5 Å². The third-order valence-electron chi connectivity index (χ3n) is 4.02. The lowest BCUT2D eigenvalue weighted by molar-refractivity contribution is -0.119. The Bertz CT molecular complexity index is 962. The highest BCUT2D eigenvalue weighted by molar-refractivity contribution is 8.01. The van der Waals surface area contributed by atoms with Gasteiger partial charge in [-0.25, -0.2) is 4.98 Å². The number of pyridine rings is 1. The van der Waals surface area contributed by atoms with Crippen molar-refractivity contribution in [2.45, 2.75) is 10.4 Å². The zero-order chi connectivity index (χ0) is 18.5. The Hall–Kier alpha value is -2.70. The standard InChI is InChI=1S/C21H17N3OS2/c25-19(14-26-21-23-16-10-4-5-12-18(16)27-21)24-20(15-8-2-1-3-9-15)17-11-6-7-13-22-17/h1-13,20H,14H2,(H,24,25). The number of nitrogens with zero attached hydrogens (tertiary/aromatic N) is 2. The molecule has 0 aliphatic rings. The Morgan fingerprint density at radius 3 is 2.56 bits per heavy atom. The second-order valence-corrected chi connectivity index (χ2v) is 8.16. The van der Waals surface area contributed by atoms with Gasteiger partial charge in [-0.05, 0) is 29.8 Å². The van der Waals surface area contributed by atoms with Crippen LogP contribution in [0.4, 0.5) is 0 Å².